The first-order chi connectivity index (χ1) is 12.1. The van der Waals surface area contributed by atoms with E-state index >= 15 is 0 Å². The maximum absolute atomic E-state index is 12.7. The number of carbonyl (C=O) groups is 1. The third-order valence-corrected chi connectivity index (χ3v) is 4.10. The Morgan fingerprint density at radius 1 is 1.04 bits per heavy atom. The monoisotopic (exact) mass is 330 g/mol. The van der Waals surface area contributed by atoms with Crippen molar-refractivity contribution in [2.75, 3.05) is 5.32 Å². The number of aromatic nitrogens is 1. The molecule has 1 amide bonds. The summed E-state index contributed by atoms with van der Waals surface area (Å²) in [5.74, 6) is -0.243. The molecule has 2 aromatic heterocycles. The molecule has 1 N–H and O–H groups in total. The van der Waals surface area contributed by atoms with Gasteiger partial charge in [0, 0.05) is 34.8 Å². The highest BCUT2D eigenvalue weighted by molar-refractivity contribution is 6.12. The van der Waals surface area contributed by atoms with Gasteiger partial charge < -0.3 is 9.73 Å². The van der Waals surface area contributed by atoms with Crippen molar-refractivity contribution in [1.82, 2.24) is 4.98 Å². The molecule has 5 nitrogen and oxygen atoms in total. The van der Waals surface area contributed by atoms with E-state index in [1.54, 1.807) is 24.4 Å². The van der Waals surface area contributed by atoms with Crippen LogP contribution in [0.1, 0.15) is 15.9 Å². The lowest BCUT2D eigenvalue weighted by Crippen LogP contribution is -2.12. The van der Waals surface area contributed by atoms with Gasteiger partial charge in [-0.3, -0.25) is 9.78 Å². The third-order valence-electron chi connectivity index (χ3n) is 4.10. The van der Waals surface area contributed by atoms with Crippen LogP contribution in [0.25, 0.3) is 21.9 Å². The molecule has 0 bridgehead atoms. The molecular formula is C20H14N2O3. The van der Waals surface area contributed by atoms with Gasteiger partial charge >= 0.3 is 5.63 Å². The average Bonchev–Trinajstić information content (AvgIpc) is 2.60. The molecule has 2 heterocycles. The molecule has 0 aliphatic rings. The van der Waals surface area contributed by atoms with Crippen molar-refractivity contribution >= 4 is 33.5 Å². The summed E-state index contributed by atoms with van der Waals surface area (Å²) in [6, 6.07) is 15.9. The second-order valence-electron chi connectivity index (χ2n) is 5.79. The molecule has 0 aliphatic carbocycles. The van der Waals surface area contributed by atoms with Crippen LogP contribution >= 0.6 is 0 Å². The van der Waals surface area contributed by atoms with Crippen molar-refractivity contribution in [3.05, 3.63) is 82.3 Å². The maximum Gasteiger partial charge on any atom is 0.336 e. The standard InChI is InChI=1S/C20H14N2O3/c1-12-10-19(23)25-18-11-13(6-7-14(12)18)22-20(24)16-8-9-21-17-5-3-2-4-15(16)17/h2-11H,1H3,(H,22,24). The van der Waals surface area contributed by atoms with Crippen molar-refractivity contribution in [3.8, 4) is 0 Å². The molecule has 25 heavy (non-hydrogen) atoms. The first-order valence-electron chi connectivity index (χ1n) is 7.81. The lowest BCUT2D eigenvalue weighted by molar-refractivity contribution is 0.102. The average molecular weight is 330 g/mol. The quantitative estimate of drug-likeness (QED) is 0.566. The van der Waals surface area contributed by atoms with Crippen molar-refractivity contribution in [2.24, 2.45) is 0 Å². The van der Waals surface area contributed by atoms with E-state index in [4.69, 9.17) is 4.42 Å². The van der Waals surface area contributed by atoms with Crippen LogP contribution in [0.5, 0.6) is 0 Å². The molecule has 0 saturated heterocycles. The van der Waals surface area contributed by atoms with Crippen LogP contribution < -0.4 is 10.9 Å². The number of anilines is 1. The van der Waals surface area contributed by atoms with E-state index in [2.05, 4.69) is 10.3 Å². The molecule has 0 unspecified atom stereocenters. The van der Waals surface area contributed by atoms with E-state index < -0.39 is 5.63 Å². The molecule has 0 spiro atoms. The summed E-state index contributed by atoms with van der Waals surface area (Å²) >= 11 is 0. The van der Waals surface area contributed by atoms with Crippen LogP contribution in [0, 0.1) is 6.92 Å². The number of nitrogens with one attached hydrogen (secondary N) is 1. The Kier molecular flexibility index (Phi) is 3.54. The Morgan fingerprint density at radius 3 is 2.76 bits per heavy atom. The largest absolute Gasteiger partial charge is 0.423 e. The number of pyridine rings is 1. The predicted molar refractivity (Wildman–Crippen MR) is 96.9 cm³/mol. The Bertz CT molecular complexity index is 1170. The minimum absolute atomic E-state index is 0.243. The van der Waals surface area contributed by atoms with E-state index in [1.807, 2.05) is 37.3 Å². The van der Waals surface area contributed by atoms with Gasteiger partial charge in [-0.05, 0) is 36.8 Å². The van der Waals surface area contributed by atoms with Gasteiger partial charge in [0.05, 0.1) is 11.1 Å². The Morgan fingerprint density at radius 2 is 1.88 bits per heavy atom. The zero-order chi connectivity index (χ0) is 17.4. The summed E-state index contributed by atoms with van der Waals surface area (Å²) in [6.07, 6.45) is 1.61. The van der Waals surface area contributed by atoms with Gasteiger partial charge in [0.2, 0.25) is 0 Å². The summed E-state index contributed by atoms with van der Waals surface area (Å²) in [6.45, 7) is 1.85. The van der Waals surface area contributed by atoms with E-state index in [1.165, 1.54) is 6.07 Å². The van der Waals surface area contributed by atoms with Gasteiger partial charge in [-0.15, -0.1) is 0 Å². The predicted octanol–water partition coefficient (Wildman–Crippen LogP) is 3.90. The first-order valence-corrected chi connectivity index (χ1v) is 7.81. The lowest BCUT2D eigenvalue weighted by Gasteiger charge is -2.09. The number of hydrogen-bond acceptors (Lipinski definition) is 4. The molecule has 0 radical (unpaired) electrons. The molecule has 0 aliphatic heterocycles. The van der Waals surface area contributed by atoms with E-state index in [0.29, 0.717) is 16.8 Å². The molecule has 4 aromatic rings. The van der Waals surface area contributed by atoms with Gasteiger partial charge in [0.15, 0.2) is 0 Å². The fourth-order valence-corrected chi connectivity index (χ4v) is 2.89. The second-order valence-corrected chi connectivity index (χ2v) is 5.79. The molecule has 2 aromatic carbocycles. The number of hydrogen-bond donors (Lipinski definition) is 1. The van der Waals surface area contributed by atoms with Crippen LogP contribution in [0.15, 0.2) is 70.0 Å². The molecule has 0 saturated carbocycles. The summed E-state index contributed by atoms with van der Waals surface area (Å²) in [5, 5.41) is 4.48. The van der Waals surface area contributed by atoms with Crippen LogP contribution in [-0.2, 0) is 0 Å². The van der Waals surface area contributed by atoms with E-state index in [0.717, 1.165) is 21.9 Å². The van der Waals surface area contributed by atoms with Gasteiger partial charge in [-0.2, -0.15) is 0 Å². The number of rotatable bonds is 2. The Labute approximate surface area is 142 Å². The molecule has 5 heteroatoms. The zero-order valence-corrected chi connectivity index (χ0v) is 13.4. The number of aryl methyl sites for hydroxylation is 1. The van der Waals surface area contributed by atoms with Crippen LogP contribution in [0.2, 0.25) is 0 Å². The molecule has 122 valence electrons. The zero-order valence-electron chi connectivity index (χ0n) is 13.4. The highest BCUT2D eigenvalue weighted by Crippen LogP contribution is 2.22. The van der Waals surface area contributed by atoms with E-state index in [-0.39, 0.29) is 5.91 Å². The number of benzene rings is 2. The Hall–Kier alpha value is -3.47. The number of para-hydroxylation sites is 1. The molecular weight excluding hydrogens is 316 g/mol. The van der Waals surface area contributed by atoms with Gasteiger partial charge in [0.25, 0.3) is 5.91 Å². The lowest BCUT2D eigenvalue weighted by atomic mass is 10.1. The summed E-state index contributed by atoms with van der Waals surface area (Å²) in [5.41, 5.74) is 2.74. The molecule has 0 atom stereocenters. The van der Waals surface area contributed by atoms with Gasteiger partial charge in [0.1, 0.15) is 5.58 Å². The first kappa shape index (κ1) is 15.1. The minimum atomic E-state index is -0.409. The number of fused-ring (bicyclic) bond motifs is 2. The second kappa shape index (κ2) is 5.87. The SMILES string of the molecule is Cc1cc(=O)oc2cc(NC(=O)c3ccnc4ccccc34)ccc12. The van der Waals surface area contributed by atoms with Crippen LogP contribution in [0.3, 0.4) is 0 Å². The number of carbonyl (C=O) groups excluding carboxylic acids is 1. The van der Waals surface area contributed by atoms with Crippen molar-refractivity contribution in [1.29, 1.82) is 0 Å². The highest BCUT2D eigenvalue weighted by atomic mass is 16.4. The third kappa shape index (κ3) is 2.76. The van der Waals surface area contributed by atoms with Crippen molar-refractivity contribution in [2.45, 2.75) is 6.92 Å². The fourth-order valence-electron chi connectivity index (χ4n) is 2.89. The summed E-state index contributed by atoms with van der Waals surface area (Å²) in [7, 11) is 0. The summed E-state index contributed by atoms with van der Waals surface area (Å²) in [4.78, 5) is 28.5. The Balaban J connectivity index is 1.73. The topological polar surface area (TPSA) is 72.2 Å². The van der Waals surface area contributed by atoms with Crippen LogP contribution in [-0.4, -0.2) is 10.9 Å². The normalized spacial score (nSPS) is 10.9. The fraction of sp³-hybridized carbons (Fsp3) is 0.0500. The number of nitrogens with zero attached hydrogens (tertiary/aromatic N) is 1. The molecule has 0 fully saturated rings. The van der Waals surface area contributed by atoms with Gasteiger partial charge in [-0.25, -0.2) is 4.79 Å². The molecule has 4 rings (SSSR count). The minimum Gasteiger partial charge on any atom is -0.423 e. The maximum atomic E-state index is 12.7. The van der Waals surface area contributed by atoms with Crippen molar-refractivity contribution < 1.29 is 9.21 Å². The van der Waals surface area contributed by atoms with Crippen LogP contribution in [0.4, 0.5) is 5.69 Å². The van der Waals surface area contributed by atoms with Gasteiger partial charge in [-0.1, -0.05) is 18.2 Å². The van der Waals surface area contributed by atoms with Crippen molar-refractivity contribution in [3.63, 3.8) is 0 Å². The summed E-state index contributed by atoms with van der Waals surface area (Å²) < 4.78 is 5.22. The van der Waals surface area contributed by atoms with E-state index in [9.17, 15) is 9.59 Å². The smallest absolute Gasteiger partial charge is 0.336 e. The highest BCUT2D eigenvalue weighted by Gasteiger charge is 2.11. The number of amides is 1.